The van der Waals surface area contributed by atoms with Crippen LogP contribution < -0.4 is 5.32 Å². The highest BCUT2D eigenvalue weighted by molar-refractivity contribution is 5.58. The Morgan fingerprint density at radius 3 is 2.96 bits per heavy atom. The van der Waals surface area contributed by atoms with Gasteiger partial charge in [0, 0.05) is 42.2 Å². The molecule has 7 heteroatoms. The highest BCUT2D eigenvalue weighted by Crippen LogP contribution is 2.22. The summed E-state index contributed by atoms with van der Waals surface area (Å²) in [6, 6.07) is 3.85. The minimum absolute atomic E-state index is 0.608. The van der Waals surface area contributed by atoms with E-state index in [2.05, 4.69) is 35.0 Å². The van der Waals surface area contributed by atoms with Crippen molar-refractivity contribution in [2.75, 3.05) is 5.32 Å². The first-order valence-electron chi connectivity index (χ1n) is 8.13. The van der Waals surface area contributed by atoms with Gasteiger partial charge in [-0.15, -0.1) is 10.2 Å². The molecule has 7 nitrogen and oxygen atoms in total. The van der Waals surface area contributed by atoms with Crippen LogP contribution in [-0.4, -0.2) is 29.7 Å². The van der Waals surface area contributed by atoms with Gasteiger partial charge in [-0.2, -0.15) is 0 Å². The van der Waals surface area contributed by atoms with Gasteiger partial charge < -0.3 is 9.88 Å². The fourth-order valence-electron chi connectivity index (χ4n) is 2.93. The minimum Gasteiger partial charge on any atom is -0.362 e. The first kappa shape index (κ1) is 14.7. The third-order valence-corrected chi connectivity index (χ3v) is 4.41. The van der Waals surface area contributed by atoms with E-state index in [-0.39, 0.29) is 0 Å². The standard InChI is InChI=1S/C17H19N7/c1-11-12(2)20-17(13-5-3-7-18-9-13)21-16(11)19-10-15-23-22-14-6-4-8-24(14)15/h3,5,7,9H,4,6,8,10H2,1-2H3,(H,19,20,21). The van der Waals surface area contributed by atoms with E-state index in [4.69, 9.17) is 0 Å². The molecule has 24 heavy (non-hydrogen) atoms. The number of aromatic nitrogens is 6. The number of anilines is 1. The monoisotopic (exact) mass is 321 g/mol. The fraction of sp³-hybridized carbons (Fsp3) is 0.353. The quantitative estimate of drug-likeness (QED) is 0.794. The molecule has 3 aromatic heterocycles. The van der Waals surface area contributed by atoms with Crippen LogP contribution in [0.15, 0.2) is 24.5 Å². The maximum absolute atomic E-state index is 4.68. The summed E-state index contributed by atoms with van der Waals surface area (Å²) in [7, 11) is 0. The Kier molecular flexibility index (Phi) is 3.68. The Balaban J connectivity index is 1.61. The molecule has 0 saturated carbocycles. The van der Waals surface area contributed by atoms with Crippen molar-refractivity contribution in [3.8, 4) is 11.4 Å². The first-order valence-corrected chi connectivity index (χ1v) is 8.13. The van der Waals surface area contributed by atoms with E-state index in [1.165, 1.54) is 0 Å². The van der Waals surface area contributed by atoms with Crippen molar-refractivity contribution in [1.82, 2.24) is 29.7 Å². The zero-order valence-electron chi connectivity index (χ0n) is 13.8. The molecule has 4 rings (SSSR count). The number of aryl methyl sites for hydroxylation is 2. The summed E-state index contributed by atoms with van der Waals surface area (Å²) in [6.45, 7) is 5.63. The summed E-state index contributed by atoms with van der Waals surface area (Å²) >= 11 is 0. The highest BCUT2D eigenvalue weighted by Gasteiger charge is 2.17. The Morgan fingerprint density at radius 2 is 2.12 bits per heavy atom. The van der Waals surface area contributed by atoms with Crippen LogP contribution in [0.3, 0.4) is 0 Å². The maximum atomic E-state index is 4.68. The summed E-state index contributed by atoms with van der Waals surface area (Å²) in [6.07, 6.45) is 5.69. The van der Waals surface area contributed by atoms with E-state index < -0.39 is 0 Å². The lowest BCUT2D eigenvalue weighted by Gasteiger charge is -2.12. The predicted molar refractivity (Wildman–Crippen MR) is 90.4 cm³/mol. The van der Waals surface area contributed by atoms with Crippen molar-refractivity contribution < 1.29 is 0 Å². The van der Waals surface area contributed by atoms with Crippen LogP contribution in [0.5, 0.6) is 0 Å². The van der Waals surface area contributed by atoms with E-state index >= 15 is 0 Å². The van der Waals surface area contributed by atoms with Crippen LogP contribution in [0.2, 0.25) is 0 Å². The number of nitrogens with zero attached hydrogens (tertiary/aromatic N) is 6. The number of rotatable bonds is 4. The number of pyridine rings is 1. The smallest absolute Gasteiger partial charge is 0.163 e. The number of hydrogen-bond donors (Lipinski definition) is 1. The molecular formula is C17H19N7. The SMILES string of the molecule is Cc1nc(-c2cccnc2)nc(NCc2nnc3n2CCC3)c1C. The molecule has 0 unspecified atom stereocenters. The van der Waals surface area contributed by atoms with Crippen LogP contribution in [0, 0.1) is 13.8 Å². The van der Waals surface area contributed by atoms with Gasteiger partial charge in [0.15, 0.2) is 11.6 Å². The summed E-state index contributed by atoms with van der Waals surface area (Å²) in [5.41, 5.74) is 2.91. The fourth-order valence-corrected chi connectivity index (χ4v) is 2.93. The molecule has 1 aliphatic rings. The number of hydrogen-bond acceptors (Lipinski definition) is 6. The van der Waals surface area contributed by atoms with Gasteiger partial charge in [-0.25, -0.2) is 9.97 Å². The van der Waals surface area contributed by atoms with Gasteiger partial charge in [0.05, 0.1) is 6.54 Å². The second-order valence-corrected chi connectivity index (χ2v) is 5.99. The molecule has 122 valence electrons. The Bertz CT molecular complexity index is 870. The van der Waals surface area contributed by atoms with E-state index in [0.29, 0.717) is 12.4 Å². The second kappa shape index (κ2) is 5.99. The molecule has 3 aromatic rings. The summed E-state index contributed by atoms with van der Waals surface area (Å²) in [4.78, 5) is 13.4. The molecule has 0 aliphatic carbocycles. The van der Waals surface area contributed by atoms with Crippen LogP contribution >= 0.6 is 0 Å². The van der Waals surface area contributed by atoms with E-state index in [9.17, 15) is 0 Å². The molecule has 0 atom stereocenters. The van der Waals surface area contributed by atoms with Crippen molar-refractivity contribution in [2.24, 2.45) is 0 Å². The van der Waals surface area contributed by atoms with E-state index in [1.807, 2.05) is 26.0 Å². The normalized spacial score (nSPS) is 13.1. The Labute approximate surface area is 140 Å². The summed E-state index contributed by atoms with van der Waals surface area (Å²) < 4.78 is 2.19. The molecule has 0 amide bonds. The third-order valence-electron chi connectivity index (χ3n) is 4.41. The Morgan fingerprint density at radius 1 is 1.21 bits per heavy atom. The van der Waals surface area contributed by atoms with Crippen LogP contribution in [-0.2, 0) is 19.5 Å². The highest BCUT2D eigenvalue weighted by atomic mass is 15.3. The van der Waals surface area contributed by atoms with Crippen LogP contribution in [0.25, 0.3) is 11.4 Å². The largest absolute Gasteiger partial charge is 0.362 e. The topological polar surface area (TPSA) is 81.4 Å². The molecule has 0 radical (unpaired) electrons. The van der Waals surface area contributed by atoms with Crippen molar-refractivity contribution in [3.05, 3.63) is 47.4 Å². The number of nitrogens with one attached hydrogen (secondary N) is 1. The molecule has 0 saturated heterocycles. The van der Waals surface area contributed by atoms with Gasteiger partial charge in [-0.1, -0.05) is 0 Å². The van der Waals surface area contributed by atoms with Gasteiger partial charge in [0.25, 0.3) is 0 Å². The average Bonchev–Trinajstić information content (AvgIpc) is 3.21. The third kappa shape index (κ3) is 2.62. The molecule has 4 heterocycles. The predicted octanol–water partition coefficient (Wildman–Crippen LogP) is 2.31. The van der Waals surface area contributed by atoms with E-state index in [1.54, 1.807) is 12.4 Å². The zero-order chi connectivity index (χ0) is 16.5. The lowest BCUT2D eigenvalue weighted by atomic mass is 10.2. The van der Waals surface area contributed by atoms with Gasteiger partial charge in [0.2, 0.25) is 0 Å². The van der Waals surface area contributed by atoms with Crippen molar-refractivity contribution in [3.63, 3.8) is 0 Å². The molecule has 0 aromatic carbocycles. The maximum Gasteiger partial charge on any atom is 0.163 e. The van der Waals surface area contributed by atoms with Crippen molar-refractivity contribution >= 4 is 5.82 Å². The molecular weight excluding hydrogens is 302 g/mol. The van der Waals surface area contributed by atoms with Gasteiger partial charge in [0.1, 0.15) is 11.6 Å². The van der Waals surface area contributed by atoms with Gasteiger partial charge in [-0.05, 0) is 32.4 Å². The molecule has 0 bridgehead atoms. The summed E-state index contributed by atoms with van der Waals surface area (Å²) in [5.74, 6) is 3.55. The molecule has 0 spiro atoms. The van der Waals surface area contributed by atoms with Gasteiger partial charge in [-0.3, -0.25) is 4.98 Å². The second-order valence-electron chi connectivity index (χ2n) is 5.99. The van der Waals surface area contributed by atoms with Gasteiger partial charge >= 0.3 is 0 Å². The van der Waals surface area contributed by atoms with Crippen molar-refractivity contribution in [2.45, 2.75) is 39.8 Å². The minimum atomic E-state index is 0.608. The van der Waals surface area contributed by atoms with Crippen molar-refractivity contribution in [1.29, 1.82) is 0 Å². The molecule has 1 N–H and O–H groups in total. The zero-order valence-corrected chi connectivity index (χ0v) is 13.8. The Hall–Kier alpha value is -2.83. The lowest BCUT2D eigenvalue weighted by molar-refractivity contribution is 0.695. The van der Waals surface area contributed by atoms with Crippen LogP contribution in [0.4, 0.5) is 5.82 Å². The van der Waals surface area contributed by atoms with Crippen LogP contribution in [0.1, 0.15) is 29.3 Å². The molecule has 0 fully saturated rings. The number of fused-ring (bicyclic) bond motifs is 1. The first-order chi connectivity index (χ1) is 11.7. The average molecular weight is 321 g/mol. The summed E-state index contributed by atoms with van der Waals surface area (Å²) in [5, 5.41) is 11.9. The van der Waals surface area contributed by atoms with E-state index in [0.717, 1.165) is 53.7 Å². The molecule has 1 aliphatic heterocycles. The lowest BCUT2D eigenvalue weighted by Crippen LogP contribution is -2.11.